The molecule has 5 unspecified atom stereocenters. The van der Waals surface area contributed by atoms with Crippen LogP contribution in [-0.4, -0.2) is 97.9 Å². The summed E-state index contributed by atoms with van der Waals surface area (Å²) in [7, 11) is -9.01. The van der Waals surface area contributed by atoms with Gasteiger partial charge in [0.15, 0.2) is 0 Å². The van der Waals surface area contributed by atoms with Gasteiger partial charge in [0.05, 0.1) is 38.5 Å². The van der Waals surface area contributed by atoms with Gasteiger partial charge in [-0.2, -0.15) is 0 Å². The number of ether oxygens (including phenoxy) is 2. The first kappa shape index (κ1) is 90.1. The van der Waals surface area contributed by atoms with Crippen molar-refractivity contribution in [3.63, 3.8) is 0 Å². The van der Waals surface area contributed by atoms with Gasteiger partial charge in [0, 0.05) is 25.7 Å². The summed E-state index contributed by atoms with van der Waals surface area (Å²) in [5.41, 5.74) is 0. The van der Waals surface area contributed by atoms with Crippen molar-refractivity contribution in [2.45, 2.75) is 405 Å². The van der Waals surface area contributed by atoms with Gasteiger partial charge >= 0.3 is 11.9 Å². The van der Waals surface area contributed by atoms with Gasteiger partial charge in [0.1, 0.15) is 19.3 Å². The second-order valence-electron chi connectivity index (χ2n) is 26.8. The summed E-state index contributed by atoms with van der Waals surface area (Å²) >= 11 is 0. The summed E-state index contributed by atoms with van der Waals surface area (Å²) in [6, 6.07) is -1.81. The molecule has 0 heterocycles. The van der Waals surface area contributed by atoms with Crippen molar-refractivity contribution in [1.29, 1.82) is 0 Å². The first-order valence-corrected chi connectivity index (χ1v) is 41.8. The average molecular weight is 1350 g/mol. The molecular formula is C74H145N2O14P2-. The SMILES string of the molecule is C=P(O)(OCC(O)COP(=O)([O-])OCC(COC(=O)CCCCCCCCCCCCCCC)NC(=O)CCCCCCCCCCCCCCC)OCC(COC(=O)CCCCCCCCCCCCCCC)NC(=O)CCCCCCCCCCCCCCC. The van der Waals surface area contributed by atoms with E-state index in [1.54, 1.807) is 0 Å². The van der Waals surface area contributed by atoms with Crippen molar-refractivity contribution in [2.75, 3.05) is 39.6 Å². The van der Waals surface area contributed by atoms with E-state index >= 15 is 0 Å². The second-order valence-corrected chi connectivity index (χ2v) is 30.0. The molecule has 0 aliphatic rings. The molecule has 546 valence electrons. The highest BCUT2D eigenvalue weighted by Crippen LogP contribution is 2.43. The largest absolute Gasteiger partial charge is 0.756 e. The topological polar surface area (TPSA) is 228 Å². The van der Waals surface area contributed by atoms with Crippen molar-refractivity contribution in [2.24, 2.45) is 0 Å². The first-order valence-electron chi connectivity index (χ1n) is 38.6. The Kier molecular flexibility index (Phi) is 66.3. The average Bonchev–Trinajstić information content (AvgIpc) is 3.51. The monoisotopic (exact) mass is 1350 g/mol. The maximum absolute atomic E-state index is 13.2. The number of amides is 2. The quantitative estimate of drug-likeness (QED) is 0.0252. The van der Waals surface area contributed by atoms with Gasteiger partial charge in [0.2, 0.25) is 19.4 Å². The lowest BCUT2D eigenvalue weighted by Crippen LogP contribution is -2.42. The molecule has 0 aromatic rings. The molecule has 0 bridgehead atoms. The third kappa shape index (κ3) is 66.7. The van der Waals surface area contributed by atoms with Crippen LogP contribution in [0.2, 0.25) is 0 Å². The van der Waals surface area contributed by atoms with Gasteiger partial charge in [-0.25, -0.2) is 0 Å². The molecule has 18 heteroatoms. The van der Waals surface area contributed by atoms with Crippen LogP contribution in [0.4, 0.5) is 0 Å². The summed E-state index contributed by atoms with van der Waals surface area (Å²) in [4.78, 5) is 76.0. The number of unbranched alkanes of at least 4 members (excludes halogenated alkanes) is 48. The van der Waals surface area contributed by atoms with Crippen molar-refractivity contribution < 1.29 is 66.2 Å². The van der Waals surface area contributed by atoms with Crippen LogP contribution < -0.4 is 15.5 Å². The van der Waals surface area contributed by atoms with Crippen LogP contribution in [0.25, 0.3) is 0 Å². The van der Waals surface area contributed by atoms with Gasteiger partial charge in [-0.1, -0.05) is 336 Å². The molecule has 0 rings (SSSR count). The van der Waals surface area contributed by atoms with Crippen molar-refractivity contribution >= 4 is 45.4 Å². The Bertz CT molecular complexity index is 1640. The summed E-state index contributed by atoms with van der Waals surface area (Å²) in [5, 5.41) is 16.4. The molecule has 0 fully saturated rings. The van der Waals surface area contributed by atoms with Crippen molar-refractivity contribution in [3.8, 4) is 0 Å². The van der Waals surface area contributed by atoms with E-state index < -0.39 is 59.4 Å². The highest BCUT2D eigenvalue weighted by Gasteiger charge is 2.24. The fraction of sp³-hybridized carbons (Fsp3) is 0.932. The molecule has 0 aromatic carbocycles. The Labute approximate surface area is 564 Å². The molecular weight excluding hydrogens is 1200 g/mol. The van der Waals surface area contributed by atoms with Gasteiger partial charge < -0.3 is 53.1 Å². The number of rotatable bonds is 74. The minimum atomic E-state index is -5.09. The van der Waals surface area contributed by atoms with E-state index in [9.17, 15) is 38.6 Å². The van der Waals surface area contributed by atoms with Gasteiger partial charge in [0.25, 0.3) is 7.82 Å². The molecule has 0 saturated carbocycles. The Hall–Kier alpha value is -1.87. The van der Waals surface area contributed by atoms with Crippen LogP contribution >= 0.6 is 15.4 Å². The smallest absolute Gasteiger partial charge is 0.305 e. The summed E-state index contributed by atoms with van der Waals surface area (Å²) in [6.07, 6.45) is 64.6. The molecule has 92 heavy (non-hydrogen) atoms. The van der Waals surface area contributed by atoms with Crippen LogP contribution in [0, 0.1) is 0 Å². The van der Waals surface area contributed by atoms with Crippen LogP contribution in [0.1, 0.15) is 387 Å². The standard InChI is InChI=1S/C74H146N2O14P2/c1-6-10-14-18-22-26-30-34-38-42-46-50-54-58-71(78)75-68(62-85-73(80)60-56-52-48-44-40-36-32-28-24-20-16-12-8-3)64-87-91(5,82)88-66-70(77)67-90-92(83,84)89-65-69(76-72(79)59-55-51-47-43-39-35-31-27-23-19-15-11-7-2)63-86-74(81)61-57-53-49-45-41-37-33-29-25-21-17-13-9-4/h68-70,77,82H,5-67H2,1-4H3,(H,75,78)(H,76,79)(H,83,84)/p-1. The lowest BCUT2D eigenvalue weighted by Gasteiger charge is -2.27. The number of aliphatic hydroxyl groups excluding tert-OH is 1. The molecule has 0 saturated heterocycles. The van der Waals surface area contributed by atoms with E-state index in [1.807, 2.05) is 0 Å². The van der Waals surface area contributed by atoms with Gasteiger partial charge in [-0.3, -0.25) is 23.7 Å². The minimum absolute atomic E-state index is 0.192. The zero-order valence-electron chi connectivity index (χ0n) is 60.0. The summed E-state index contributed by atoms with van der Waals surface area (Å²) < 4.78 is 45.4. The van der Waals surface area contributed by atoms with E-state index in [4.69, 9.17) is 27.6 Å². The van der Waals surface area contributed by atoms with Crippen molar-refractivity contribution in [1.82, 2.24) is 10.6 Å². The van der Waals surface area contributed by atoms with Crippen LogP contribution in [0.15, 0.2) is 0 Å². The Morgan fingerprint density at radius 3 is 0.815 bits per heavy atom. The predicted octanol–water partition coefficient (Wildman–Crippen LogP) is 20.1. The van der Waals surface area contributed by atoms with Gasteiger partial charge in [-0.15, -0.1) is 0 Å². The molecule has 16 nitrogen and oxygen atoms in total. The third-order valence-electron chi connectivity index (χ3n) is 17.4. The fourth-order valence-electron chi connectivity index (χ4n) is 11.5. The van der Waals surface area contributed by atoms with Crippen LogP contribution in [0.5, 0.6) is 0 Å². The predicted molar refractivity (Wildman–Crippen MR) is 381 cm³/mol. The zero-order valence-corrected chi connectivity index (χ0v) is 61.8. The van der Waals surface area contributed by atoms with E-state index in [0.29, 0.717) is 25.7 Å². The number of carbonyl (C=O) groups excluding carboxylic acids is 4. The number of carbonyl (C=O) groups is 4. The number of aliphatic hydroxyl groups is 1. The normalized spacial score (nSPS) is 13.9. The molecule has 5 atom stereocenters. The Balaban J connectivity index is 5.25. The lowest BCUT2D eigenvalue weighted by molar-refractivity contribution is -0.228. The number of nitrogens with one attached hydrogen (secondary N) is 2. The lowest BCUT2D eigenvalue weighted by atomic mass is 10.0. The summed E-state index contributed by atoms with van der Waals surface area (Å²) in [6.45, 7) is 6.14. The molecule has 0 aliphatic heterocycles. The van der Waals surface area contributed by atoms with Crippen LogP contribution in [0.3, 0.4) is 0 Å². The molecule has 0 spiro atoms. The molecule has 0 aliphatic carbocycles. The highest BCUT2D eigenvalue weighted by molar-refractivity contribution is 7.58. The molecule has 2 amide bonds. The van der Waals surface area contributed by atoms with Crippen molar-refractivity contribution in [3.05, 3.63) is 0 Å². The second kappa shape index (κ2) is 67.7. The number of hydrogen-bond donors (Lipinski definition) is 4. The van der Waals surface area contributed by atoms with E-state index in [2.05, 4.69) is 44.6 Å². The number of hydrogen-bond acceptors (Lipinski definition) is 14. The maximum Gasteiger partial charge on any atom is 0.305 e. The van der Waals surface area contributed by atoms with E-state index in [-0.39, 0.29) is 63.3 Å². The zero-order chi connectivity index (χ0) is 67.5. The Morgan fingerprint density at radius 2 is 0.543 bits per heavy atom. The van der Waals surface area contributed by atoms with Crippen LogP contribution in [-0.2, 0) is 51.3 Å². The minimum Gasteiger partial charge on any atom is -0.756 e. The maximum atomic E-state index is 13.2. The fourth-order valence-corrected chi connectivity index (χ4v) is 13.1. The number of phosphoric ester groups is 1. The number of esters is 2. The molecule has 0 aromatic heterocycles. The number of phosphoric acid groups is 1. The highest BCUT2D eigenvalue weighted by atomic mass is 31.2. The van der Waals surface area contributed by atoms with E-state index in [0.717, 1.165) is 77.0 Å². The first-order chi connectivity index (χ1) is 44.7. The summed E-state index contributed by atoms with van der Waals surface area (Å²) in [5.74, 6) is -1.38. The van der Waals surface area contributed by atoms with E-state index in [1.165, 1.54) is 231 Å². The third-order valence-corrected chi connectivity index (χ3v) is 19.4. The Morgan fingerprint density at radius 1 is 0.337 bits per heavy atom. The molecule has 0 radical (unpaired) electrons. The molecule has 4 N–H and O–H groups in total. The van der Waals surface area contributed by atoms with Gasteiger partial charge in [-0.05, 0) is 32.0 Å².